The van der Waals surface area contributed by atoms with E-state index >= 15 is 0 Å². The maximum atomic E-state index is 12.5. The molecule has 0 aliphatic heterocycles. The van der Waals surface area contributed by atoms with Crippen LogP contribution in [0.1, 0.15) is 20.7 Å². The largest absolute Gasteiger partial charge is 0.465 e. The second kappa shape index (κ2) is 6.78. The smallest absolute Gasteiger partial charge is 0.337 e. The number of hydrogen-bond donors (Lipinski definition) is 2. The van der Waals surface area contributed by atoms with Crippen LogP contribution in [0.2, 0.25) is 5.02 Å². The van der Waals surface area contributed by atoms with Gasteiger partial charge in [-0.05, 0) is 42.5 Å². The predicted octanol–water partition coefficient (Wildman–Crippen LogP) is 3.22. The number of halogens is 1. The molecule has 0 aliphatic rings. The Morgan fingerprint density at radius 2 is 1.84 bits per heavy atom. The maximum absolute atomic E-state index is 12.5. The van der Waals surface area contributed by atoms with E-state index in [-0.39, 0.29) is 5.56 Å². The average molecular weight is 357 g/mol. The number of esters is 1. The van der Waals surface area contributed by atoms with Crippen LogP contribution in [0.3, 0.4) is 0 Å². The molecule has 6 nitrogen and oxygen atoms in total. The Morgan fingerprint density at radius 3 is 2.52 bits per heavy atom. The topological polar surface area (TPSA) is 88.3 Å². The minimum absolute atomic E-state index is 0.0214. The molecule has 0 saturated carbocycles. The molecule has 25 heavy (non-hydrogen) atoms. The maximum Gasteiger partial charge on any atom is 0.337 e. The lowest BCUT2D eigenvalue weighted by Gasteiger charge is -2.07. The molecular formula is C18H13ClN2O4. The number of carbonyl (C=O) groups is 2. The first-order valence-electron chi connectivity index (χ1n) is 7.30. The highest BCUT2D eigenvalue weighted by atomic mass is 35.5. The van der Waals surface area contributed by atoms with Crippen LogP contribution in [0.25, 0.3) is 10.9 Å². The SMILES string of the molecule is COC(=O)c1ccc(NC(=O)c2c[nH]c3cc(Cl)ccc3c2=O)cc1. The summed E-state index contributed by atoms with van der Waals surface area (Å²) in [6.07, 6.45) is 1.35. The number of nitrogens with one attached hydrogen (secondary N) is 2. The van der Waals surface area contributed by atoms with Gasteiger partial charge in [0.05, 0.1) is 18.2 Å². The van der Waals surface area contributed by atoms with Crippen LogP contribution in [-0.2, 0) is 4.74 Å². The number of aromatic amines is 1. The minimum Gasteiger partial charge on any atom is -0.465 e. The van der Waals surface area contributed by atoms with Crippen molar-refractivity contribution in [2.75, 3.05) is 12.4 Å². The Bertz CT molecular complexity index is 1030. The highest BCUT2D eigenvalue weighted by molar-refractivity contribution is 6.31. The van der Waals surface area contributed by atoms with Gasteiger partial charge in [0.25, 0.3) is 5.91 Å². The number of rotatable bonds is 3. The lowest BCUT2D eigenvalue weighted by Crippen LogP contribution is -2.22. The van der Waals surface area contributed by atoms with Crippen LogP contribution >= 0.6 is 11.6 Å². The molecule has 0 radical (unpaired) electrons. The van der Waals surface area contributed by atoms with E-state index in [9.17, 15) is 14.4 Å². The monoisotopic (exact) mass is 356 g/mol. The lowest BCUT2D eigenvalue weighted by atomic mass is 10.1. The van der Waals surface area contributed by atoms with Crippen LogP contribution in [0.5, 0.6) is 0 Å². The average Bonchev–Trinajstić information content (AvgIpc) is 2.61. The summed E-state index contributed by atoms with van der Waals surface area (Å²) >= 11 is 5.89. The second-order valence-electron chi connectivity index (χ2n) is 5.24. The van der Waals surface area contributed by atoms with Crippen molar-refractivity contribution >= 4 is 40.1 Å². The third kappa shape index (κ3) is 3.39. The fraction of sp³-hybridized carbons (Fsp3) is 0.0556. The van der Waals surface area contributed by atoms with Crippen molar-refractivity contribution in [2.45, 2.75) is 0 Å². The van der Waals surface area contributed by atoms with E-state index in [0.717, 1.165) is 0 Å². The first-order chi connectivity index (χ1) is 12.0. The number of carbonyl (C=O) groups excluding carboxylic acids is 2. The zero-order valence-corrected chi connectivity index (χ0v) is 13.9. The number of pyridine rings is 1. The third-order valence-electron chi connectivity index (χ3n) is 3.65. The molecule has 0 aliphatic carbocycles. The van der Waals surface area contributed by atoms with Gasteiger partial charge in [-0.1, -0.05) is 11.6 Å². The van der Waals surface area contributed by atoms with E-state index in [0.29, 0.717) is 27.2 Å². The van der Waals surface area contributed by atoms with Crippen molar-refractivity contribution in [1.82, 2.24) is 4.98 Å². The molecule has 0 bridgehead atoms. The van der Waals surface area contributed by atoms with Gasteiger partial charge in [0, 0.05) is 22.3 Å². The minimum atomic E-state index is -0.552. The first-order valence-corrected chi connectivity index (χ1v) is 7.68. The van der Waals surface area contributed by atoms with Crippen LogP contribution in [0.4, 0.5) is 5.69 Å². The van der Waals surface area contributed by atoms with Gasteiger partial charge in [-0.25, -0.2) is 4.79 Å². The van der Waals surface area contributed by atoms with Crippen molar-refractivity contribution in [3.8, 4) is 0 Å². The zero-order valence-electron chi connectivity index (χ0n) is 13.1. The van der Waals surface area contributed by atoms with Crippen LogP contribution < -0.4 is 10.7 Å². The number of amides is 1. The number of ether oxygens (including phenoxy) is 1. The number of aromatic nitrogens is 1. The molecule has 0 spiro atoms. The van der Waals surface area contributed by atoms with Gasteiger partial charge >= 0.3 is 5.97 Å². The standard InChI is InChI=1S/C18H13ClN2O4/c1-25-18(24)10-2-5-12(6-3-10)21-17(23)14-9-20-15-8-11(19)4-7-13(15)16(14)22/h2-9H,1H3,(H,20,22)(H,21,23). The number of fused-ring (bicyclic) bond motifs is 1. The lowest BCUT2D eigenvalue weighted by molar-refractivity contribution is 0.0600. The zero-order chi connectivity index (χ0) is 18.0. The summed E-state index contributed by atoms with van der Waals surface area (Å²) in [6.45, 7) is 0. The molecule has 1 aromatic heterocycles. The van der Waals surface area contributed by atoms with Crippen LogP contribution in [-0.4, -0.2) is 24.0 Å². The number of hydrogen-bond acceptors (Lipinski definition) is 4. The molecule has 2 N–H and O–H groups in total. The van der Waals surface area contributed by atoms with Gasteiger partial charge in [-0.2, -0.15) is 0 Å². The Hall–Kier alpha value is -3.12. The highest BCUT2D eigenvalue weighted by Crippen LogP contribution is 2.16. The van der Waals surface area contributed by atoms with E-state index in [1.165, 1.54) is 25.4 Å². The van der Waals surface area contributed by atoms with Gasteiger partial charge in [-0.3, -0.25) is 9.59 Å². The summed E-state index contributed by atoms with van der Waals surface area (Å²) in [5.74, 6) is -1.02. The Balaban J connectivity index is 1.87. The fourth-order valence-corrected chi connectivity index (χ4v) is 2.54. The second-order valence-corrected chi connectivity index (χ2v) is 5.68. The summed E-state index contributed by atoms with van der Waals surface area (Å²) in [5.41, 5.74) is 0.951. The Labute approximate surface area is 147 Å². The summed E-state index contributed by atoms with van der Waals surface area (Å²) in [6, 6.07) is 10.9. The molecule has 7 heteroatoms. The molecule has 0 saturated heterocycles. The van der Waals surface area contributed by atoms with E-state index in [4.69, 9.17) is 11.6 Å². The van der Waals surface area contributed by atoms with Crippen LogP contribution in [0, 0.1) is 0 Å². The van der Waals surface area contributed by atoms with Crippen molar-refractivity contribution in [1.29, 1.82) is 0 Å². The van der Waals surface area contributed by atoms with Crippen molar-refractivity contribution in [3.05, 3.63) is 75.0 Å². The van der Waals surface area contributed by atoms with Gasteiger partial charge < -0.3 is 15.0 Å². The van der Waals surface area contributed by atoms with Crippen molar-refractivity contribution < 1.29 is 14.3 Å². The van der Waals surface area contributed by atoms with E-state index in [1.807, 2.05) is 0 Å². The molecule has 1 amide bonds. The molecule has 126 valence electrons. The third-order valence-corrected chi connectivity index (χ3v) is 3.89. The number of methoxy groups -OCH3 is 1. The summed E-state index contributed by atoms with van der Waals surface area (Å²) < 4.78 is 4.61. The van der Waals surface area contributed by atoms with E-state index in [2.05, 4.69) is 15.0 Å². The summed E-state index contributed by atoms with van der Waals surface area (Å²) in [7, 11) is 1.29. The molecule has 1 heterocycles. The molecule has 3 aromatic rings. The molecular weight excluding hydrogens is 344 g/mol. The van der Waals surface area contributed by atoms with Crippen molar-refractivity contribution in [2.24, 2.45) is 0 Å². The quantitative estimate of drug-likeness (QED) is 0.705. The number of anilines is 1. The summed E-state index contributed by atoms with van der Waals surface area (Å²) in [4.78, 5) is 39.1. The first kappa shape index (κ1) is 16.7. The van der Waals surface area contributed by atoms with Gasteiger partial charge in [0.2, 0.25) is 5.43 Å². The van der Waals surface area contributed by atoms with E-state index in [1.54, 1.807) is 30.3 Å². The Kier molecular flexibility index (Phi) is 4.54. The van der Waals surface area contributed by atoms with Gasteiger partial charge in [0.15, 0.2) is 0 Å². The van der Waals surface area contributed by atoms with E-state index < -0.39 is 17.3 Å². The summed E-state index contributed by atoms with van der Waals surface area (Å²) in [5, 5.41) is 3.49. The normalized spacial score (nSPS) is 10.5. The number of benzene rings is 2. The highest BCUT2D eigenvalue weighted by Gasteiger charge is 2.14. The van der Waals surface area contributed by atoms with Gasteiger partial charge in [-0.15, -0.1) is 0 Å². The molecule has 3 rings (SSSR count). The predicted molar refractivity (Wildman–Crippen MR) is 95.3 cm³/mol. The van der Waals surface area contributed by atoms with Crippen molar-refractivity contribution in [3.63, 3.8) is 0 Å². The van der Waals surface area contributed by atoms with Crippen LogP contribution in [0.15, 0.2) is 53.5 Å². The fourth-order valence-electron chi connectivity index (χ4n) is 2.37. The van der Waals surface area contributed by atoms with Gasteiger partial charge in [0.1, 0.15) is 5.56 Å². The number of H-pyrrole nitrogens is 1. The molecule has 0 unspecified atom stereocenters. The molecule has 2 aromatic carbocycles. The Morgan fingerprint density at radius 1 is 1.12 bits per heavy atom. The molecule has 0 fully saturated rings. The molecule has 0 atom stereocenters.